The van der Waals surface area contributed by atoms with Gasteiger partial charge in [0.1, 0.15) is 11.5 Å². The Bertz CT molecular complexity index is 586. The van der Waals surface area contributed by atoms with Gasteiger partial charge in [0.2, 0.25) is 0 Å². The molecule has 1 atom stereocenters. The Morgan fingerprint density at radius 3 is 2.67 bits per heavy atom. The van der Waals surface area contributed by atoms with Crippen LogP contribution in [0.15, 0.2) is 9.59 Å². The maximum Gasteiger partial charge on any atom is 0.330 e. The fourth-order valence-corrected chi connectivity index (χ4v) is 2.55. The minimum atomic E-state index is -0.424. The number of aromatic amines is 1. The van der Waals surface area contributed by atoms with E-state index in [1.807, 2.05) is 0 Å². The minimum Gasteiger partial charge on any atom is -0.383 e. The Morgan fingerprint density at radius 2 is 2.10 bits per heavy atom. The summed E-state index contributed by atoms with van der Waals surface area (Å²) in [6.45, 7) is 4.68. The second-order valence-corrected chi connectivity index (χ2v) is 5.95. The molecule has 0 aliphatic heterocycles. The molecule has 0 amide bonds. The van der Waals surface area contributed by atoms with Crippen molar-refractivity contribution in [3.63, 3.8) is 0 Å². The van der Waals surface area contributed by atoms with Crippen molar-refractivity contribution in [2.24, 2.45) is 5.92 Å². The largest absolute Gasteiger partial charge is 0.383 e. The number of nitrogen functional groups attached to an aromatic ring is 1. The summed E-state index contributed by atoms with van der Waals surface area (Å²) in [6.07, 6.45) is 6.37. The van der Waals surface area contributed by atoms with Crippen LogP contribution in [-0.2, 0) is 6.54 Å². The van der Waals surface area contributed by atoms with Crippen LogP contribution < -0.4 is 22.3 Å². The molecule has 1 unspecified atom stereocenters. The van der Waals surface area contributed by atoms with Crippen LogP contribution in [0, 0.1) is 5.92 Å². The average molecular weight is 294 g/mol. The Kier molecular flexibility index (Phi) is 5.09. The summed E-state index contributed by atoms with van der Waals surface area (Å²) in [5.41, 5.74) is 5.56. The van der Waals surface area contributed by atoms with Gasteiger partial charge in [-0.05, 0) is 25.2 Å². The number of hydrogen-bond acceptors (Lipinski definition) is 4. The Hall–Kier alpha value is -1.72. The molecule has 4 N–H and O–H groups in total. The van der Waals surface area contributed by atoms with Crippen LogP contribution in [0.4, 0.5) is 11.5 Å². The molecule has 0 radical (unpaired) electrons. The van der Waals surface area contributed by atoms with E-state index in [9.17, 15) is 9.59 Å². The van der Waals surface area contributed by atoms with Gasteiger partial charge in [0.05, 0.1) is 0 Å². The van der Waals surface area contributed by atoms with Crippen LogP contribution in [-0.4, -0.2) is 15.6 Å². The maximum atomic E-state index is 12.0. The molecule has 2 rings (SSSR count). The molecule has 0 spiro atoms. The van der Waals surface area contributed by atoms with E-state index >= 15 is 0 Å². The quantitative estimate of drug-likeness (QED) is 0.683. The highest BCUT2D eigenvalue weighted by Crippen LogP contribution is 2.34. The van der Waals surface area contributed by atoms with Crippen molar-refractivity contribution in [3.05, 3.63) is 20.8 Å². The molecule has 0 saturated heterocycles. The van der Waals surface area contributed by atoms with Crippen LogP contribution in [0.3, 0.4) is 0 Å². The first kappa shape index (κ1) is 15.7. The number of nitrogens with zero attached hydrogens (tertiary/aromatic N) is 1. The normalized spacial score (nSPS) is 15.9. The van der Waals surface area contributed by atoms with E-state index in [-0.39, 0.29) is 11.9 Å². The van der Waals surface area contributed by atoms with Gasteiger partial charge >= 0.3 is 5.69 Å². The molecule has 0 bridgehead atoms. The number of H-pyrrole nitrogens is 1. The summed E-state index contributed by atoms with van der Waals surface area (Å²) in [7, 11) is 0. The molecule has 6 nitrogen and oxygen atoms in total. The Morgan fingerprint density at radius 1 is 1.38 bits per heavy atom. The van der Waals surface area contributed by atoms with Crippen molar-refractivity contribution >= 4 is 11.5 Å². The van der Waals surface area contributed by atoms with Crippen LogP contribution >= 0.6 is 0 Å². The first-order valence-electron chi connectivity index (χ1n) is 7.95. The molecular formula is C15H26N4O2. The van der Waals surface area contributed by atoms with Crippen LogP contribution in [0.25, 0.3) is 0 Å². The predicted octanol–water partition coefficient (Wildman–Crippen LogP) is 1.91. The van der Waals surface area contributed by atoms with Gasteiger partial charge in [0.25, 0.3) is 5.56 Å². The summed E-state index contributed by atoms with van der Waals surface area (Å²) in [6, 6.07) is 0.234. The van der Waals surface area contributed by atoms with Gasteiger partial charge in [0.15, 0.2) is 0 Å². The highest BCUT2D eigenvalue weighted by atomic mass is 16.2. The molecule has 1 aromatic heterocycles. The van der Waals surface area contributed by atoms with Crippen molar-refractivity contribution in [2.45, 2.75) is 65.0 Å². The number of rotatable bonds is 8. The molecule has 21 heavy (non-hydrogen) atoms. The topological polar surface area (TPSA) is 92.9 Å². The third-order valence-electron chi connectivity index (χ3n) is 4.13. The monoisotopic (exact) mass is 294 g/mol. The van der Waals surface area contributed by atoms with E-state index in [0.29, 0.717) is 12.2 Å². The van der Waals surface area contributed by atoms with Gasteiger partial charge in [0, 0.05) is 12.6 Å². The molecule has 1 fully saturated rings. The summed E-state index contributed by atoms with van der Waals surface area (Å²) < 4.78 is 1.46. The van der Waals surface area contributed by atoms with E-state index in [4.69, 9.17) is 5.73 Å². The zero-order valence-electron chi connectivity index (χ0n) is 12.9. The fourth-order valence-electron chi connectivity index (χ4n) is 2.55. The van der Waals surface area contributed by atoms with Gasteiger partial charge < -0.3 is 11.1 Å². The third-order valence-corrected chi connectivity index (χ3v) is 4.13. The van der Waals surface area contributed by atoms with E-state index in [2.05, 4.69) is 24.1 Å². The zero-order valence-corrected chi connectivity index (χ0v) is 12.9. The molecule has 6 heteroatoms. The lowest BCUT2D eigenvalue weighted by molar-refractivity contribution is 0.579. The molecule has 1 saturated carbocycles. The van der Waals surface area contributed by atoms with Crippen LogP contribution in [0.2, 0.25) is 0 Å². The van der Waals surface area contributed by atoms with E-state index in [0.717, 1.165) is 31.6 Å². The van der Waals surface area contributed by atoms with Crippen molar-refractivity contribution < 1.29 is 0 Å². The van der Waals surface area contributed by atoms with Crippen molar-refractivity contribution in [1.29, 1.82) is 0 Å². The van der Waals surface area contributed by atoms with Gasteiger partial charge in [-0.25, -0.2) is 4.79 Å². The van der Waals surface area contributed by atoms with Crippen molar-refractivity contribution in [2.75, 3.05) is 11.1 Å². The van der Waals surface area contributed by atoms with E-state index in [1.165, 1.54) is 17.4 Å². The molecule has 1 aromatic rings. The van der Waals surface area contributed by atoms with Gasteiger partial charge in [-0.15, -0.1) is 0 Å². The number of aromatic nitrogens is 2. The Labute approximate surface area is 124 Å². The lowest BCUT2D eigenvalue weighted by Crippen LogP contribution is -2.36. The van der Waals surface area contributed by atoms with Crippen LogP contribution in [0.1, 0.15) is 52.4 Å². The molecule has 1 heterocycles. The number of nitrogens with one attached hydrogen (secondary N) is 2. The van der Waals surface area contributed by atoms with E-state index < -0.39 is 11.2 Å². The summed E-state index contributed by atoms with van der Waals surface area (Å²) in [4.78, 5) is 26.3. The second-order valence-electron chi connectivity index (χ2n) is 5.95. The number of unbranched alkanes of at least 4 members (excludes halogenated alkanes) is 1. The molecular weight excluding hydrogens is 268 g/mol. The van der Waals surface area contributed by atoms with Crippen molar-refractivity contribution in [1.82, 2.24) is 9.55 Å². The first-order valence-corrected chi connectivity index (χ1v) is 7.95. The second kappa shape index (κ2) is 6.83. The summed E-state index contributed by atoms with van der Waals surface area (Å²) in [5.74, 6) is 1.03. The first-order chi connectivity index (χ1) is 10.1. The van der Waals surface area contributed by atoms with Crippen molar-refractivity contribution in [3.8, 4) is 0 Å². The minimum absolute atomic E-state index is 0.234. The van der Waals surface area contributed by atoms with Gasteiger partial charge in [-0.3, -0.25) is 14.3 Å². The average Bonchev–Trinajstić information content (AvgIpc) is 3.25. The fraction of sp³-hybridized carbons (Fsp3) is 0.733. The lowest BCUT2D eigenvalue weighted by Gasteiger charge is -2.20. The Balaban J connectivity index is 2.24. The third kappa shape index (κ3) is 3.89. The predicted molar refractivity (Wildman–Crippen MR) is 85.7 cm³/mol. The summed E-state index contributed by atoms with van der Waals surface area (Å²) in [5, 5.41) is 3.25. The highest BCUT2D eigenvalue weighted by Gasteiger charge is 2.25. The SMILES string of the molecule is CCCCn1c(N)c(NC(CC)CC2CC2)c(=O)[nH]c1=O. The number of nitrogens with two attached hydrogens (primary N) is 1. The maximum absolute atomic E-state index is 12.0. The van der Waals surface area contributed by atoms with Crippen LogP contribution in [0.5, 0.6) is 0 Å². The summed E-state index contributed by atoms with van der Waals surface area (Å²) >= 11 is 0. The lowest BCUT2D eigenvalue weighted by atomic mass is 10.1. The molecule has 118 valence electrons. The number of anilines is 2. The number of hydrogen-bond donors (Lipinski definition) is 3. The highest BCUT2D eigenvalue weighted by molar-refractivity contribution is 5.60. The smallest absolute Gasteiger partial charge is 0.330 e. The molecule has 0 aromatic carbocycles. The van der Waals surface area contributed by atoms with E-state index in [1.54, 1.807) is 0 Å². The molecule has 1 aliphatic rings. The molecule has 1 aliphatic carbocycles. The van der Waals surface area contributed by atoms with Gasteiger partial charge in [-0.2, -0.15) is 0 Å². The van der Waals surface area contributed by atoms with Gasteiger partial charge in [-0.1, -0.05) is 33.1 Å². The zero-order chi connectivity index (χ0) is 15.4. The standard InChI is InChI=1S/C15H26N4O2/c1-3-5-8-19-13(16)12(14(20)18-15(19)21)17-11(4-2)9-10-6-7-10/h10-11,17H,3-9,16H2,1-2H3,(H,18,20,21).